The number of rotatable bonds is 4. The van der Waals surface area contributed by atoms with Gasteiger partial charge in [0.2, 0.25) is 0 Å². The van der Waals surface area contributed by atoms with Gasteiger partial charge in [0.1, 0.15) is 5.75 Å². The molecular formula is C19H23N3O2. The standard InChI is InChI=1S/C19H23N3O2/c23-18-9-5-4-8-17(18)21-19(24)20-16-10-12-22(13-11-16)14-15-6-2-1-3-7-15/h1-9,16,23H,10-14H2,(H2,20,21,24). The normalized spacial score (nSPS) is 15.8. The van der Waals surface area contributed by atoms with Gasteiger partial charge in [0.15, 0.2) is 0 Å². The Kier molecular flexibility index (Phi) is 5.33. The second kappa shape index (κ2) is 7.84. The number of benzene rings is 2. The number of anilines is 1. The molecule has 2 amide bonds. The first-order valence-corrected chi connectivity index (χ1v) is 8.32. The number of hydrogen-bond donors (Lipinski definition) is 3. The second-order valence-corrected chi connectivity index (χ2v) is 6.15. The van der Waals surface area contributed by atoms with Crippen molar-refractivity contribution in [3.8, 4) is 5.75 Å². The molecule has 1 aliphatic heterocycles. The fraction of sp³-hybridized carbons (Fsp3) is 0.316. The van der Waals surface area contributed by atoms with E-state index in [1.807, 2.05) is 6.07 Å². The summed E-state index contributed by atoms with van der Waals surface area (Å²) in [5.41, 5.74) is 1.75. The van der Waals surface area contributed by atoms with Crippen molar-refractivity contribution in [2.45, 2.75) is 25.4 Å². The van der Waals surface area contributed by atoms with Gasteiger partial charge in [-0.2, -0.15) is 0 Å². The molecule has 0 bridgehead atoms. The van der Waals surface area contributed by atoms with Gasteiger partial charge in [-0.3, -0.25) is 4.90 Å². The molecule has 5 nitrogen and oxygen atoms in total. The van der Waals surface area contributed by atoms with Crippen molar-refractivity contribution < 1.29 is 9.90 Å². The van der Waals surface area contributed by atoms with Crippen LogP contribution in [0.25, 0.3) is 0 Å². The summed E-state index contributed by atoms with van der Waals surface area (Å²) in [6, 6.07) is 17.1. The second-order valence-electron chi connectivity index (χ2n) is 6.15. The zero-order valence-electron chi connectivity index (χ0n) is 13.6. The number of carbonyl (C=O) groups is 1. The van der Waals surface area contributed by atoms with Crippen LogP contribution in [0, 0.1) is 0 Å². The lowest BCUT2D eigenvalue weighted by Crippen LogP contribution is -2.45. The minimum atomic E-state index is -0.266. The Balaban J connectivity index is 1.43. The highest BCUT2D eigenvalue weighted by atomic mass is 16.3. The number of aromatic hydroxyl groups is 1. The summed E-state index contributed by atoms with van der Waals surface area (Å²) in [7, 11) is 0. The number of carbonyl (C=O) groups excluding carboxylic acids is 1. The largest absolute Gasteiger partial charge is 0.506 e. The highest BCUT2D eigenvalue weighted by Crippen LogP contribution is 2.21. The summed E-state index contributed by atoms with van der Waals surface area (Å²) < 4.78 is 0. The quantitative estimate of drug-likeness (QED) is 0.757. The van der Waals surface area contributed by atoms with E-state index < -0.39 is 0 Å². The fourth-order valence-corrected chi connectivity index (χ4v) is 3.00. The average Bonchev–Trinajstić information content (AvgIpc) is 2.60. The zero-order valence-corrected chi connectivity index (χ0v) is 13.6. The maximum absolute atomic E-state index is 12.1. The summed E-state index contributed by atoms with van der Waals surface area (Å²) >= 11 is 0. The first-order chi connectivity index (χ1) is 11.7. The molecule has 1 aliphatic rings. The molecule has 0 saturated carbocycles. The minimum Gasteiger partial charge on any atom is -0.506 e. The van der Waals surface area contributed by atoms with Crippen molar-refractivity contribution in [3.05, 3.63) is 60.2 Å². The van der Waals surface area contributed by atoms with E-state index in [9.17, 15) is 9.90 Å². The summed E-state index contributed by atoms with van der Waals surface area (Å²) in [6.45, 7) is 2.89. The molecule has 0 aliphatic carbocycles. The van der Waals surface area contributed by atoms with Gasteiger partial charge >= 0.3 is 6.03 Å². The molecule has 2 aromatic carbocycles. The fourth-order valence-electron chi connectivity index (χ4n) is 3.00. The molecule has 126 valence electrons. The van der Waals surface area contributed by atoms with Gasteiger partial charge in [-0.05, 0) is 30.5 Å². The molecular weight excluding hydrogens is 302 g/mol. The molecule has 0 aromatic heterocycles. The topological polar surface area (TPSA) is 64.6 Å². The smallest absolute Gasteiger partial charge is 0.319 e. The molecule has 1 heterocycles. The highest BCUT2D eigenvalue weighted by Gasteiger charge is 2.20. The lowest BCUT2D eigenvalue weighted by molar-refractivity contribution is 0.190. The van der Waals surface area contributed by atoms with E-state index in [4.69, 9.17) is 0 Å². The number of hydrogen-bond acceptors (Lipinski definition) is 3. The number of phenols is 1. The molecule has 0 unspecified atom stereocenters. The van der Waals surface area contributed by atoms with Crippen LogP contribution < -0.4 is 10.6 Å². The number of likely N-dealkylation sites (tertiary alicyclic amines) is 1. The van der Waals surface area contributed by atoms with Crippen LogP contribution >= 0.6 is 0 Å². The lowest BCUT2D eigenvalue weighted by atomic mass is 10.0. The number of amides is 2. The first-order valence-electron chi connectivity index (χ1n) is 8.32. The van der Waals surface area contributed by atoms with Gasteiger partial charge in [0.05, 0.1) is 5.69 Å². The third-order valence-electron chi connectivity index (χ3n) is 4.32. The highest BCUT2D eigenvalue weighted by molar-refractivity contribution is 5.90. The summed E-state index contributed by atoms with van der Waals surface area (Å²) in [5.74, 6) is 0.0744. The zero-order chi connectivity index (χ0) is 16.8. The molecule has 0 spiro atoms. The molecule has 3 N–H and O–H groups in total. The minimum absolute atomic E-state index is 0.0744. The van der Waals surface area contributed by atoms with E-state index in [-0.39, 0.29) is 17.8 Å². The Morgan fingerprint density at radius 2 is 1.71 bits per heavy atom. The van der Waals surface area contributed by atoms with Crippen molar-refractivity contribution in [3.63, 3.8) is 0 Å². The monoisotopic (exact) mass is 325 g/mol. The van der Waals surface area contributed by atoms with Crippen LogP contribution in [0.3, 0.4) is 0 Å². The average molecular weight is 325 g/mol. The Bertz CT molecular complexity index is 667. The molecule has 1 saturated heterocycles. The predicted molar refractivity (Wildman–Crippen MR) is 95.0 cm³/mol. The van der Waals surface area contributed by atoms with Crippen molar-refractivity contribution in [1.82, 2.24) is 10.2 Å². The Hall–Kier alpha value is -2.53. The van der Waals surface area contributed by atoms with Crippen LogP contribution in [0.2, 0.25) is 0 Å². The van der Waals surface area contributed by atoms with Crippen molar-refractivity contribution in [1.29, 1.82) is 0 Å². The molecule has 0 atom stereocenters. The Morgan fingerprint density at radius 3 is 2.42 bits per heavy atom. The number of para-hydroxylation sites is 2. The summed E-state index contributed by atoms with van der Waals surface area (Å²) in [6.07, 6.45) is 1.86. The van der Waals surface area contributed by atoms with E-state index >= 15 is 0 Å². The summed E-state index contributed by atoms with van der Waals surface area (Å²) in [5, 5.41) is 15.4. The Morgan fingerprint density at radius 1 is 1.04 bits per heavy atom. The van der Waals surface area contributed by atoms with Gasteiger partial charge in [-0.1, -0.05) is 42.5 Å². The maximum Gasteiger partial charge on any atom is 0.319 e. The van der Waals surface area contributed by atoms with E-state index in [0.717, 1.165) is 32.5 Å². The number of nitrogens with one attached hydrogen (secondary N) is 2. The van der Waals surface area contributed by atoms with Crippen LogP contribution in [0.4, 0.5) is 10.5 Å². The van der Waals surface area contributed by atoms with Crippen LogP contribution in [0.15, 0.2) is 54.6 Å². The van der Waals surface area contributed by atoms with Gasteiger partial charge in [0.25, 0.3) is 0 Å². The third kappa shape index (κ3) is 4.49. The number of nitrogens with zero attached hydrogens (tertiary/aromatic N) is 1. The van der Waals surface area contributed by atoms with Gasteiger partial charge in [-0.15, -0.1) is 0 Å². The summed E-state index contributed by atoms with van der Waals surface area (Å²) in [4.78, 5) is 14.5. The Labute approximate surface area is 142 Å². The molecule has 24 heavy (non-hydrogen) atoms. The molecule has 0 radical (unpaired) electrons. The van der Waals surface area contributed by atoms with Crippen LogP contribution in [0.5, 0.6) is 5.75 Å². The van der Waals surface area contributed by atoms with Crippen LogP contribution in [0.1, 0.15) is 18.4 Å². The molecule has 3 rings (SSSR count). The third-order valence-corrected chi connectivity index (χ3v) is 4.32. The van der Waals surface area contributed by atoms with Crippen LogP contribution in [-0.2, 0) is 6.54 Å². The SMILES string of the molecule is O=C(Nc1ccccc1O)NC1CCN(Cc2ccccc2)CC1. The number of urea groups is 1. The van der Waals surface area contributed by atoms with E-state index in [0.29, 0.717) is 5.69 Å². The van der Waals surface area contributed by atoms with Crippen molar-refractivity contribution in [2.75, 3.05) is 18.4 Å². The van der Waals surface area contributed by atoms with E-state index in [2.05, 4.69) is 39.8 Å². The van der Waals surface area contributed by atoms with Crippen LogP contribution in [-0.4, -0.2) is 35.2 Å². The van der Waals surface area contributed by atoms with E-state index in [1.54, 1.807) is 24.3 Å². The molecule has 1 fully saturated rings. The van der Waals surface area contributed by atoms with Gasteiger partial charge in [-0.25, -0.2) is 4.79 Å². The molecule has 2 aromatic rings. The number of phenolic OH excluding ortho intramolecular Hbond substituents is 1. The predicted octanol–water partition coefficient (Wildman–Crippen LogP) is 3.18. The van der Waals surface area contributed by atoms with Gasteiger partial charge in [0, 0.05) is 25.7 Å². The van der Waals surface area contributed by atoms with Gasteiger partial charge < -0.3 is 15.7 Å². The maximum atomic E-state index is 12.1. The van der Waals surface area contributed by atoms with E-state index in [1.165, 1.54) is 5.56 Å². The van der Waals surface area contributed by atoms with Crippen molar-refractivity contribution >= 4 is 11.7 Å². The number of piperidine rings is 1. The van der Waals surface area contributed by atoms with Crippen molar-refractivity contribution in [2.24, 2.45) is 0 Å². The molecule has 5 heteroatoms. The first kappa shape index (κ1) is 16.3. The lowest BCUT2D eigenvalue weighted by Gasteiger charge is -2.32.